The van der Waals surface area contributed by atoms with Gasteiger partial charge in [0.05, 0.1) is 0 Å². The van der Waals surface area contributed by atoms with Gasteiger partial charge < -0.3 is 5.11 Å². The number of rotatable bonds is 12. The molecular formula is C22H38O. The van der Waals surface area contributed by atoms with E-state index in [0.717, 1.165) is 12.8 Å². The first-order valence-corrected chi connectivity index (χ1v) is 9.88. The van der Waals surface area contributed by atoms with Gasteiger partial charge in [-0.1, -0.05) is 91.2 Å². The Morgan fingerprint density at radius 2 is 1.39 bits per heavy atom. The number of phenolic OH excluding ortho intramolecular Hbond substituents is 1. The first-order valence-electron chi connectivity index (χ1n) is 9.88. The van der Waals surface area contributed by atoms with E-state index in [4.69, 9.17) is 0 Å². The third-order valence-electron chi connectivity index (χ3n) is 4.97. The van der Waals surface area contributed by atoms with E-state index < -0.39 is 0 Å². The monoisotopic (exact) mass is 318 g/mol. The van der Waals surface area contributed by atoms with Gasteiger partial charge in [0, 0.05) is 0 Å². The molecule has 1 rings (SSSR count). The van der Waals surface area contributed by atoms with Crippen LogP contribution < -0.4 is 0 Å². The summed E-state index contributed by atoms with van der Waals surface area (Å²) < 4.78 is 0. The second-order valence-electron chi connectivity index (χ2n) is 7.52. The van der Waals surface area contributed by atoms with Crippen LogP contribution in [-0.4, -0.2) is 5.11 Å². The van der Waals surface area contributed by atoms with Gasteiger partial charge in [0.25, 0.3) is 0 Å². The molecule has 1 aromatic rings. The highest BCUT2D eigenvalue weighted by atomic mass is 16.3. The van der Waals surface area contributed by atoms with Crippen LogP contribution in [0.1, 0.15) is 90.2 Å². The third kappa shape index (κ3) is 7.90. The van der Waals surface area contributed by atoms with Gasteiger partial charge in [0.1, 0.15) is 5.75 Å². The van der Waals surface area contributed by atoms with Crippen molar-refractivity contribution in [2.45, 2.75) is 91.9 Å². The number of hydrogen-bond donors (Lipinski definition) is 1. The van der Waals surface area contributed by atoms with E-state index >= 15 is 0 Å². The summed E-state index contributed by atoms with van der Waals surface area (Å²) in [5.41, 5.74) is 2.58. The maximum atomic E-state index is 10.3. The smallest absolute Gasteiger partial charge is 0.119 e. The fourth-order valence-corrected chi connectivity index (χ4v) is 3.46. The number of aromatic hydroxyl groups is 1. The lowest BCUT2D eigenvalue weighted by Gasteiger charge is -2.18. The summed E-state index contributed by atoms with van der Waals surface area (Å²) in [5.74, 6) is 1.87. The summed E-state index contributed by atoms with van der Waals surface area (Å²) in [4.78, 5) is 0. The van der Waals surface area contributed by atoms with Crippen molar-refractivity contribution in [2.24, 2.45) is 11.8 Å². The van der Waals surface area contributed by atoms with Gasteiger partial charge >= 0.3 is 0 Å². The van der Waals surface area contributed by atoms with Crippen molar-refractivity contribution in [1.29, 1.82) is 0 Å². The Morgan fingerprint density at radius 1 is 0.826 bits per heavy atom. The average Bonchev–Trinajstić information content (AvgIpc) is 2.51. The zero-order valence-corrected chi connectivity index (χ0v) is 15.9. The maximum absolute atomic E-state index is 10.3. The van der Waals surface area contributed by atoms with Crippen LogP contribution in [0.15, 0.2) is 18.2 Å². The van der Waals surface area contributed by atoms with Crippen molar-refractivity contribution in [3.05, 3.63) is 29.3 Å². The molecule has 0 spiro atoms. The van der Waals surface area contributed by atoms with Crippen molar-refractivity contribution < 1.29 is 5.11 Å². The maximum Gasteiger partial charge on any atom is 0.119 e. The second-order valence-corrected chi connectivity index (χ2v) is 7.52. The van der Waals surface area contributed by atoms with E-state index in [-0.39, 0.29) is 0 Å². The number of unbranched alkanes of at least 4 members (excludes halogenated alkanes) is 4. The molecule has 1 nitrogen and oxygen atoms in total. The van der Waals surface area contributed by atoms with Crippen molar-refractivity contribution in [1.82, 2.24) is 0 Å². The zero-order chi connectivity index (χ0) is 17.1. The molecule has 0 amide bonds. The normalized spacial score (nSPS) is 13.9. The Balaban J connectivity index is 2.63. The fourth-order valence-electron chi connectivity index (χ4n) is 3.46. The highest BCUT2D eigenvalue weighted by Gasteiger charge is 2.14. The van der Waals surface area contributed by atoms with Crippen LogP contribution in [-0.2, 0) is 12.8 Å². The molecule has 2 atom stereocenters. The van der Waals surface area contributed by atoms with Crippen molar-refractivity contribution >= 4 is 0 Å². The highest BCUT2D eigenvalue weighted by molar-refractivity contribution is 5.39. The van der Waals surface area contributed by atoms with Crippen LogP contribution in [0.5, 0.6) is 5.75 Å². The molecule has 23 heavy (non-hydrogen) atoms. The summed E-state index contributed by atoms with van der Waals surface area (Å²) in [6, 6.07) is 6.10. The summed E-state index contributed by atoms with van der Waals surface area (Å²) >= 11 is 0. The second kappa shape index (κ2) is 11.5. The van der Waals surface area contributed by atoms with Crippen molar-refractivity contribution in [3.8, 4) is 5.75 Å². The molecule has 2 unspecified atom stereocenters. The molecule has 0 aliphatic rings. The first kappa shape index (κ1) is 20.1. The fraction of sp³-hybridized carbons (Fsp3) is 0.727. The average molecular weight is 319 g/mol. The Labute approximate surface area is 144 Å². The molecule has 1 N–H and O–H groups in total. The lowest BCUT2D eigenvalue weighted by Crippen LogP contribution is -2.07. The van der Waals surface area contributed by atoms with Crippen LogP contribution >= 0.6 is 0 Å². The lowest BCUT2D eigenvalue weighted by molar-refractivity contribution is 0.440. The molecule has 0 radical (unpaired) electrons. The summed E-state index contributed by atoms with van der Waals surface area (Å²) in [7, 11) is 0. The van der Waals surface area contributed by atoms with Gasteiger partial charge in [0.15, 0.2) is 0 Å². The Bertz CT molecular complexity index is 424. The Hall–Kier alpha value is -0.980. The van der Waals surface area contributed by atoms with Crippen LogP contribution in [0.3, 0.4) is 0 Å². The predicted octanol–water partition coefficient (Wildman–Crippen LogP) is 6.91. The van der Waals surface area contributed by atoms with Crippen LogP contribution in [0, 0.1) is 11.8 Å². The minimum atomic E-state index is 0.505. The van der Waals surface area contributed by atoms with Crippen molar-refractivity contribution in [3.63, 3.8) is 0 Å². The van der Waals surface area contributed by atoms with Crippen molar-refractivity contribution in [2.75, 3.05) is 0 Å². The Morgan fingerprint density at radius 3 is 1.96 bits per heavy atom. The van der Waals surface area contributed by atoms with Gasteiger partial charge in [0.2, 0.25) is 0 Å². The lowest BCUT2D eigenvalue weighted by atomic mass is 9.87. The molecule has 0 aliphatic carbocycles. The van der Waals surface area contributed by atoms with Crippen LogP contribution in [0.2, 0.25) is 0 Å². The molecule has 0 aliphatic heterocycles. The molecule has 0 aromatic heterocycles. The number of benzene rings is 1. The topological polar surface area (TPSA) is 20.2 Å². The minimum Gasteiger partial charge on any atom is -0.508 e. The van der Waals surface area contributed by atoms with Gasteiger partial charge in [-0.2, -0.15) is 0 Å². The van der Waals surface area contributed by atoms with Gasteiger partial charge in [-0.15, -0.1) is 0 Å². The largest absolute Gasteiger partial charge is 0.508 e. The molecule has 1 heteroatoms. The quantitative estimate of drug-likeness (QED) is 0.415. The zero-order valence-electron chi connectivity index (χ0n) is 15.9. The first-order chi connectivity index (χ1) is 11.1. The summed E-state index contributed by atoms with van der Waals surface area (Å²) in [5, 5.41) is 10.3. The Kier molecular flexibility index (Phi) is 10.1. The van der Waals surface area contributed by atoms with Gasteiger partial charge in [-0.3, -0.25) is 0 Å². The van der Waals surface area contributed by atoms with Crippen LogP contribution in [0.4, 0.5) is 0 Å². The number of phenols is 1. The van der Waals surface area contributed by atoms with E-state index in [0.29, 0.717) is 17.6 Å². The molecule has 1 aromatic carbocycles. The van der Waals surface area contributed by atoms with E-state index in [1.165, 1.54) is 62.5 Å². The molecule has 0 saturated heterocycles. The minimum absolute atomic E-state index is 0.505. The third-order valence-corrected chi connectivity index (χ3v) is 4.97. The standard InChI is InChI=1S/C22H38O/c1-5-7-9-12-18(3)16-20-14-11-15-22(23)21(20)17-19(4)13-10-8-6-2/h11,14-15,18-19,23H,5-10,12-13,16-17H2,1-4H3. The van der Waals surface area contributed by atoms with Gasteiger partial charge in [-0.05, 0) is 41.9 Å². The SMILES string of the molecule is CCCCCC(C)Cc1cccc(O)c1CC(C)CCCCC. The molecule has 0 fully saturated rings. The highest BCUT2D eigenvalue weighted by Crippen LogP contribution is 2.28. The van der Waals surface area contributed by atoms with E-state index in [9.17, 15) is 5.11 Å². The molecule has 0 heterocycles. The van der Waals surface area contributed by atoms with Crippen LogP contribution in [0.25, 0.3) is 0 Å². The summed E-state index contributed by atoms with van der Waals surface area (Å²) in [6.45, 7) is 9.20. The predicted molar refractivity (Wildman–Crippen MR) is 102 cm³/mol. The van der Waals surface area contributed by atoms with Gasteiger partial charge in [-0.25, -0.2) is 0 Å². The molecule has 132 valence electrons. The number of hydrogen-bond acceptors (Lipinski definition) is 1. The van der Waals surface area contributed by atoms with E-state index in [1.807, 2.05) is 12.1 Å². The molecular weight excluding hydrogens is 280 g/mol. The molecule has 0 saturated carbocycles. The summed E-state index contributed by atoms with van der Waals surface area (Å²) in [6.07, 6.45) is 12.6. The van der Waals surface area contributed by atoms with E-state index in [2.05, 4.69) is 33.8 Å². The van der Waals surface area contributed by atoms with E-state index in [1.54, 1.807) is 0 Å². The molecule has 0 bridgehead atoms.